The predicted octanol–water partition coefficient (Wildman–Crippen LogP) is 4.01. The first-order valence-corrected chi connectivity index (χ1v) is 7.20. The van der Waals surface area contributed by atoms with Gasteiger partial charge >= 0.3 is 0 Å². The van der Waals surface area contributed by atoms with Crippen LogP contribution in [-0.2, 0) is 0 Å². The third-order valence-corrected chi connectivity index (χ3v) is 4.28. The number of hydrogen-bond donors (Lipinski definition) is 1. The molecule has 0 spiro atoms. The van der Waals surface area contributed by atoms with Gasteiger partial charge < -0.3 is 5.32 Å². The predicted molar refractivity (Wildman–Crippen MR) is 75.5 cm³/mol. The average Bonchev–Trinajstić information content (AvgIpc) is 2.40. The number of halogens is 2. The minimum atomic E-state index is -0.237. The number of alkyl halides is 1. The van der Waals surface area contributed by atoms with Gasteiger partial charge in [0.05, 0.1) is 5.54 Å². The quantitative estimate of drug-likeness (QED) is 0.836. The molecule has 2 nitrogen and oxygen atoms in total. The van der Waals surface area contributed by atoms with E-state index in [0.717, 1.165) is 25.7 Å². The van der Waals surface area contributed by atoms with Crippen LogP contribution in [0.2, 0.25) is 5.02 Å². The van der Waals surface area contributed by atoms with Crippen LogP contribution in [0.5, 0.6) is 0 Å². The number of hydrogen-bond acceptors (Lipinski definition) is 1. The Bertz CT molecular complexity index is 428. The summed E-state index contributed by atoms with van der Waals surface area (Å²) >= 11 is 12.0. The Balaban J connectivity index is 2.10. The summed E-state index contributed by atoms with van der Waals surface area (Å²) in [6.45, 7) is 0. The topological polar surface area (TPSA) is 29.1 Å². The lowest BCUT2D eigenvalue weighted by atomic mass is 9.83. The van der Waals surface area contributed by atoms with Crippen molar-refractivity contribution in [3.63, 3.8) is 0 Å². The van der Waals surface area contributed by atoms with Crippen molar-refractivity contribution in [1.82, 2.24) is 5.32 Å². The molecule has 1 saturated carbocycles. The zero-order valence-corrected chi connectivity index (χ0v) is 11.7. The number of benzene rings is 1. The summed E-state index contributed by atoms with van der Waals surface area (Å²) in [4.78, 5) is 12.2. The van der Waals surface area contributed by atoms with Crippen LogP contribution in [0.1, 0.15) is 42.5 Å². The Labute approximate surface area is 118 Å². The van der Waals surface area contributed by atoms with E-state index in [1.807, 2.05) is 0 Å². The van der Waals surface area contributed by atoms with Gasteiger partial charge in [-0.1, -0.05) is 36.9 Å². The van der Waals surface area contributed by atoms with E-state index in [9.17, 15) is 4.79 Å². The molecule has 1 amide bonds. The molecule has 1 aromatic carbocycles. The molecule has 0 heterocycles. The van der Waals surface area contributed by atoms with Crippen molar-refractivity contribution in [1.29, 1.82) is 0 Å². The first-order valence-electron chi connectivity index (χ1n) is 6.29. The lowest BCUT2D eigenvalue weighted by Crippen LogP contribution is -2.51. The van der Waals surface area contributed by atoms with Crippen molar-refractivity contribution in [2.24, 2.45) is 0 Å². The molecule has 0 radical (unpaired) electrons. The summed E-state index contributed by atoms with van der Waals surface area (Å²) in [5, 5.41) is 3.67. The maximum absolute atomic E-state index is 12.2. The zero-order valence-electron chi connectivity index (χ0n) is 10.2. The zero-order chi connectivity index (χ0) is 13.0. The number of rotatable bonds is 3. The second kappa shape index (κ2) is 5.94. The Morgan fingerprint density at radius 1 is 1.28 bits per heavy atom. The summed E-state index contributed by atoms with van der Waals surface area (Å²) in [7, 11) is 0. The summed E-state index contributed by atoms with van der Waals surface area (Å²) in [5.41, 5.74) is 0.358. The molecule has 98 valence electrons. The van der Waals surface area contributed by atoms with Crippen molar-refractivity contribution >= 4 is 29.1 Å². The minimum Gasteiger partial charge on any atom is -0.345 e. The maximum atomic E-state index is 12.2. The fourth-order valence-corrected chi connectivity index (χ4v) is 2.99. The van der Waals surface area contributed by atoms with Gasteiger partial charge in [0, 0.05) is 16.5 Å². The highest BCUT2D eigenvalue weighted by Crippen LogP contribution is 2.29. The molecule has 1 aromatic rings. The normalized spacial score (nSPS) is 18.3. The molecule has 0 aromatic heterocycles. The highest BCUT2D eigenvalue weighted by molar-refractivity contribution is 6.31. The van der Waals surface area contributed by atoms with Gasteiger partial charge in [0.15, 0.2) is 0 Å². The molecule has 2 rings (SSSR count). The van der Waals surface area contributed by atoms with Crippen LogP contribution in [0.3, 0.4) is 0 Å². The smallest absolute Gasteiger partial charge is 0.251 e. The summed E-state index contributed by atoms with van der Waals surface area (Å²) < 4.78 is 0. The summed E-state index contributed by atoms with van der Waals surface area (Å²) in [5.74, 6) is 0.388. The van der Waals surface area contributed by atoms with Gasteiger partial charge in [-0.15, -0.1) is 11.6 Å². The van der Waals surface area contributed by atoms with Crippen LogP contribution in [0.15, 0.2) is 24.3 Å². The van der Waals surface area contributed by atoms with Gasteiger partial charge in [-0.2, -0.15) is 0 Å². The van der Waals surface area contributed by atoms with Crippen molar-refractivity contribution in [2.45, 2.75) is 37.6 Å². The monoisotopic (exact) mass is 285 g/mol. The van der Waals surface area contributed by atoms with Crippen molar-refractivity contribution in [3.05, 3.63) is 34.9 Å². The molecular formula is C14H17Cl2NO. The number of nitrogens with one attached hydrogen (secondary N) is 1. The highest BCUT2D eigenvalue weighted by atomic mass is 35.5. The van der Waals surface area contributed by atoms with Crippen LogP contribution in [-0.4, -0.2) is 17.3 Å². The lowest BCUT2D eigenvalue weighted by molar-refractivity contribution is 0.0885. The van der Waals surface area contributed by atoms with Crippen molar-refractivity contribution in [3.8, 4) is 0 Å². The van der Waals surface area contributed by atoms with Gasteiger partial charge in [0.1, 0.15) is 0 Å². The van der Waals surface area contributed by atoms with Gasteiger partial charge in [-0.3, -0.25) is 4.79 Å². The van der Waals surface area contributed by atoms with Crippen LogP contribution < -0.4 is 5.32 Å². The molecule has 1 aliphatic carbocycles. The first kappa shape index (κ1) is 13.7. The Morgan fingerprint density at radius 2 is 2.00 bits per heavy atom. The summed E-state index contributed by atoms with van der Waals surface area (Å²) in [6, 6.07) is 7.00. The van der Waals surface area contributed by atoms with E-state index >= 15 is 0 Å². The van der Waals surface area contributed by atoms with Crippen LogP contribution in [0, 0.1) is 0 Å². The van der Waals surface area contributed by atoms with Crippen molar-refractivity contribution < 1.29 is 4.79 Å². The van der Waals surface area contributed by atoms with E-state index in [0.29, 0.717) is 16.5 Å². The van der Waals surface area contributed by atoms with E-state index < -0.39 is 0 Å². The molecule has 1 aliphatic rings. The van der Waals surface area contributed by atoms with Gasteiger partial charge in [-0.25, -0.2) is 0 Å². The van der Waals surface area contributed by atoms with Gasteiger partial charge in [0.2, 0.25) is 0 Å². The molecular weight excluding hydrogens is 269 g/mol. The first-order chi connectivity index (χ1) is 8.65. The van der Waals surface area contributed by atoms with E-state index in [1.165, 1.54) is 6.42 Å². The molecule has 0 bridgehead atoms. The van der Waals surface area contributed by atoms with Gasteiger partial charge in [-0.05, 0) is 31.0 Å². The molecule has 0 saturated heterocycles. The Hall–Kier alpha value is -0.730. The van der Waals surface area contributed by atoms with Crippen LogP contribution in [0.25, 0.3) is 0 Å². The SMILES string of the molecule is O=C(NC1(CCl)CCCCC1)c1cccc(Cl)c1. The average molecular weight is 286 g/mol. The second-order valence-corrected chi connectivity index (χ2v) is 5.64. The molecule has 0 unspecified atom stereocenters. The van der Waals surface area contributed by atoms with E-state index in [4.69, 9.17) is 23.2 Å². The lowest BCUT2D eigenvalue weighted by Gasteiger charge is -2.36. The van der Waals surface area contributed by atoms with Gasteiger partial charge in [0.25, 0.3) is 5.91 Å². The Morgan fingerprint density at radius 3 is 2.61 bits per heavy atom. The maximum Gasteiger partial charge on any atom is 0.251 e. The molecule has 1 N–H and O–H groups in total. The number of carbonyl (C=O) groups excluding carboxylic acids is 1. The van der Waals surface area contributed by atoms with Crippen LogP contribution in [0.4, 0.5) is 0 Å². The van der Waals surface area contributed by atoms with E-state index in [1.54, 1.807) is 24.3 Å². The van der Waals surface area contributed by atoms with Crippen LogP contribution >= 0.6 is 23.2 Å². The third kappa shape index (κ3) is 3.18. The largest absolute Gasteiger partial charge is 0.345 e. The molecule has 18 heavy (non-hydrogen) atoms. The van der Waals surface area contributed by atoms with E-state index in [2.05, 4.69) is 5.32 Å². The molecule has 1 fully saturated rings. The Kier molecular flexibility index (Phi) is 4.52. The van der Waals surface area contributed by atoms with Crippen molar-refractivity contribution in [2.75, 3.05) is 5.88 Å². The fourth-order valence-electron chi connectivity index (χ4n) is 2.46. The number of amides is 1. The molecule has 4 heteroatoms. The van der Waals surface area contributed by atoms with E-state index in [-0.39, 0.29) is 11.4 Å². The second-order valence-electron chi connectivity index (χ2n) is 4.94. The fraction of sp³-hybridized carbons (Fsp3) is 0.500. The third-order valence-electron chi connectivity index (χ3n) is 3.53. The minimum absolute atomic E-state index is 0.0833. The molecule has 0 atom stereocenters. The molecule has 0 aliphatic heterocycles. The summed E-state index contributed by atoms with van der Waals surface area (Å²) in [6.07, 6.45) is 5.41. The number of carbonyl (C=O) groups is 1. The highest BCUT2D eigenvalue weighted by Gasteiger charge is 2.32. The standard InChI is InChI=1S/C14H17Cl2NO/c15-10-14(7-2-1-3-8-14)17-13(18)11-5-4-6-12(16)9-11/h4-6,9H,1-3,7-8,10H2,(H,17,18).